The summed E-state index contributed by atoms with van der Waals surface area (Å²) in [4.78, 5) is 23.1. The van der Waals surface area contributed by atoms with Crippen LogP contribution in [-0.4, -0.2) is 18.5 Å². The molecule has 0 N–H and O–H groups in total. The Hall–Kier alpha value is -2.05. The molecule has 0 aliphatic rings. The second kappa shape index (κ2) is 12.3. The summed E-state index contributed by atoms with van der Waals surface area (Å²) in [7, 11) is 0. The van der Waals surface area contributed by atoms with Gasteiger partial charge in [0.15, 0.2) is 11.6 Å². The summed E-state index contributed by atoms with van der Waals surface area (Å²) in [5.74, 6) is -4.53. The SMILES string of the molecule is CCCCCCCOC(=O)CCCC(=O)OCc1cc(F)c(F)cc1F. The van der Waals surface area contributed by atoms with E-state index < -0.39 is 30.0 Å². The third kappa shape index (κ3) is 8.87. The van der Waals surface area contributed by atoms with Crippen LogP contribution in [0.25, 0.3) is 0 Å². The van der Waals surface area contributed by atoms with Crippen LogP contribution in [0.5, 0.6) is 0 Å². The summed E-state index contributed by atoms with van der Waals surface area (Å²) >= 11 is 0. The molecule has 0 amide bonds. The smallest absolute Gasteiger partial charge is 0.306 e. The molecule has 0 aromatic heterocycles. The first-order valence-corrected chi connectivity index (χ1v) is 8.88. The molecule has 4 nitrogen and oxygen atoms in total. The van der Waals surface area contributed by atoms with Crippen molar-refractivity contribution in [3.05, 3.63) is 35.1 Å². The lowest BCUT2D eigenvalue weighted by atomic mass is 10.2. The van der Waals surface area contributed by atoms with Gasteiger partial charge in [-0.2, -0.15) is 0 Å². The predicted octanol–water partition coefficient (Wildman–Crippen LogP) is 4.83. The quantitative estimate of drug-likeness (QED) is 0.299. The molecular formula is C19H25F3O4. The van der Waals surface area contributed by atoms with Crippen molar-refractivity contribution < 1.29 is 32.2 Å². The van der Waals surface area contributed by atoms with Gasteiger partial charge < -0.3 is 9.47 Å². The zero-order chi connectivity index (χ0) is 19.4. The fourth-order valence-corrected chi connectivity index (χ4v) is 2.25. The summed E-state index contributed by atoms with van der Waals surface area (Å²) in [6.45, 7) is 2.01. The molecule has 0 spiro atoms. The van der Waals surface area contributed by atoms with Crippen LogP contribution >= 0.6 is 0 Å². The van der Waals surface area contributed by atoms with Crippen LogP contribution in [0.15, 0.2) is 12.1 Å². The Labute approximate surface area is 151 Å². The van der Waals surface area contributed by atoms with Gasteiger partial charge in [-0.3, -0.25) is 9.59 Å². The molecule has 0 atom stereocenters. The van der Waals surface area contributed by atoms with E-state index in [0.717, 1.165) is 25.7 Å². The number of ether oxygens (including phenoxy) is 2. The maximum atomic E-state index is 13.4. The van der Waals surface area contributed by atoms with E-state index in [0.29, 0.717) is 18.7 Å². The maximum Gasteiger partial charge on any atom is 0.306 e. The van der Waals surface area contributed by atoms with E-state index in [1.54, 1.807) is 0 Å². The van der Waals surface area contributed by atoms with Crippen molar-refractivity contribution in [3.63, 3.8) is 0 Å². The first kappa shape index (κ1) is 22.0. The van der Waals surface area contributed by atoms with Gasteiger partial charge in [0, 0.05) is 24.5 Å². The lowest BCUT2D eigenvalue weighted by molar-refractivity contribution is -0.146. The van der Waals surface area contributed by atoms with Gasteiger partial charge in [-0.1, -0.05) is 32.6 Å². The monoisotopic (exact) mass is 374 g/mol. The highest BCUT2D eigenvalue weighted by atomic mass is 19.2. The Morgan fingerprint density at radius 1 is 0.808 bits per heavy atom. The lowest BCUT2D eigenvalue weighted by Gasteiger charge is -2.07. The zero-order valence-electron chi connectivity index (χ0n) is 15.0. The first-order chi connectivity index (χ1) is 12.4. The second-order valence-corrected chi connectivity index (χ2v) is 6.01. The minimum atomic E-state index is -1.30. The van der Waals surface area contributed by atoms with Crippen molar-refractivity contribution in [2.75, 3.05) is 6.61 Å². The third-order valence-electron chi connectivity index (χ3n) is 3.75. The molecule has 0 saturated heterocycles. The standard InChI is InChI=1S/C19H25F3O4/c1-2-3-4-5-6-10-25-18(23)8-7-9-19(24)26-13-14-11-16(21)17(22)12-15(14)20/h11-12H,2-10,13H2,1H3. The number of hydrogen-bond donors (Lipinski definition) is 0. The van der Waals surface area contributed by atoms with Gasteiger partial charge in [0.2, 0.25) is 0 Å². The Bertz CT molecular complexity index is 590. The first-order valence-electron chi connectivity index (χ1n) is 8.88. The van der Waals surface area contributed by atoms with E-state index in [-0.39, 0.29) is 30.8 Å². The molecule has 146 valence electrons. The van der Waals surface area contributed by atoms with Crippen molar-refractivity contribution in [2.45, 2.75) is 64.9 Å². The number of hydrogen-bond acceptors (Lipinski definition) is 4. The molecule has 0 unspecified atom stereocenters. The van der Waals surface area contributed by atoms with Crippen molar-refractivity contribution in [1.29, 1.82) is 0 Å². The van der Waals surface area contributed by atoms with Gasteiger partial charge in [-0.15, -0.1) is 0 Å². The minimum Gasteiger partial charge on any atom is -0.466 e. The number of carbonyl (C=O) groups excluding carboxylic acids is 2. The largest absolute Gasteiger partial charge is 0.466 e. The van der Waals surface area contributed by atoms with Crippen LogP contribution in [0, 0.1) is 17.5 Å². The van der Waals surface area contributed by atoms with Crippen molar-refractivity contribution in [2.24, 2.45) is 0 Å². The van der Waals surface area contributed by atoms with E-state index in [9.17, 15) is 22.8 Å². The molecule has 0 fully saturated rings. The van der Waals surface area contributed by atoms with Crippen LogP contribution in [-0.2, 0) is 25.7 Å². The van der Waals surface area contributed by atoms with E-state index in [2.05, 4.69) is 6.92 Å². The van der Waals surface area contributed by atoms with Gasteiger partial charge in [-0.25, -0.2) is 13.2 Å². The molecule has 0 saturated carbocycles. The molecule has 0 heterocycles. The Kier molecular flexibility index (Phi) is 10.4. The number of carbonyl (C=O) groups is 2. The number of esters is 2. The molecule has 1 aromatic carbocycles. The fourth-order valence-electron chi connectivity index (χ4n) is 2.25. The summed E-state index contributed by atoms with van der Waals surface area (Å²) in [5, 5.41) is 0. The Morgan fingerprint density at radius 3 is 2.12 bits per heavy atom. The molecular weight excluding hydrogens is 349 g/mol. The molecule has 26 heavy (non-hydrogen) atoms. The zero-order valence-corrected chi connectivity index (χ0v) is 15.0. The normalized spacial score (nSPS) is 10.6. The Balaban J connectivity index is 2.15. The van der Waals surface area contributed by atoms with Gasteiger partial charge in [0.05, 0.1) is 6.61 Å². The van der Waals surface area contributed by atoms with Crippen molar-refractivity contribution >= 4 is 11.9 Å². The van der Waals surface area contributed by atoms with Crippen LogP contribution in [0.3, 0.4) is 0 Å². The topological polar surface area (TPSA) is 52.6 Å². The lowest BCUT2D eigenvalue weighted by Crippen LogP contribution is -2.09. The molecule has 7 heteroatoms. The molecule has 0 aliphatic heterocycles. The highest BCUT2D eigenvalue weighted by Crippen LogP contribution is 2.15. The summed E-state index contributed by atoms with van der Waals surface area (Å²) in [6, 6.07) is 1.05. The third-order valence-corrected chi connectivity index (χ3v) is 3.75. The van der Waals surface area contributed by atoms with E-state index in [1.807, 2.05) is 0 Å². The molecule has 0 bridgehead atoms. The summed E-state index contributed by atoms with van der Waals surface area (Å²) in [5.41, 5.74) is -0.250. The van der Waals surface area contributed by atoms with Crippen molar-refractivity contribution in [3.8, 4) is 0 Å². The maximum absolute atomic E-state index is 13.4. The number of unbranched alkanes of at least 4 members (excludes halogenated alkanes) is 4. The molecule has 0 radical (unpaired) electrons. The molecule has 1 rings (SSSR count). The second-order valence-electron chi connectivity index (χ2n) is 6.01. The summed E-state index contributed by atoms with van der Waals surface area (Å²) in [6.07, 6.45) is 5.58. The van der Waals surface area contributed by atoms with Gasteiger partial charge in [-0.05, 0) is 18.9 Å². The number of rotatable bonds is 12. The van der Waals surface area contributed by atoms with E-state index in [1.165, 1.54) is 6.42 Å². The predicted molar refractivity (Wildman–Crippen MR) is 89.7 cm³/mol. The van der Waals surface area contributed by atoms with Gasteiger partial charge in [0.25, 0.3) is 0 Å². The van der Waals surface area contributed by atoms with Crippen molar-refractivity contribution in [1.82, 2.24) is 0 Å². The van der Waals surface area contributed by atoms with Crippen LogP contribution < -0.4 is 0 Å². The van der Waals surface area contributed by atoms with E-state index >= 15 is 0 Å². The number of halogens is 3. The highest BCUT2D eigenvalue weighted by molar-refractivity contribution is 5.72. The summed E-state index contributed by atoms with van der Waals surface area (Å²) < 4.78 is 49.1. The highest BCUT2D eigenvalue weighted by Gasteiger charge is 2.12. The fraction of sp³-hybridized carbons (Fsp3) is 0.579. The average Bonchev–Trinajstić information content (AvgIpc) is 2.60. The van der Waals surface area contributed by atoms with E-state index in [4.69, 9.17) is 9.47 Å². The van der Waals surface area contributed by atoms with Gasteiger partial charge >= 0.3 is 11.9 Å². The average molecular weight is 374 g/mol. The van der Waals surface area contributed by atoms with Crippen LogP contribution in [0.2, 0.25) is 0 Å². The number of benzene rings is 1. The minimum absolute atomic E-state index is 0.0447. The van der Waals surface area contributed by atoms with Gasteiger partial charge in [0.1, 0.15) is 12.4 Å². The van der Waals surface area contributed by atoms with Crippen LogP contribution in [0.4, 0.5) is 13.2 Å². The van der Waals surface area contributed by atoms with Crippen LogP contribution in [0.1, 0.15) is 63.9 Å². The molecule has 0 aliphatic carbocycles. The molecule has 1 aromatic rings. The Morgan fingerprint density at radius 2 is 1.42 bits per heavy atom.